The summed E-state index contributed by atoms with van der Waals surface area (Å²) < 4.78 is 5.28. The van der Waals surface area contributed by atoms with Crippen molar-refractivity contribution < 1.29 is 4.74 Å². The summed E-state index contributed by atoms with van der Waals surface area (Å²) >= 11 is 0. The minimum atomic E-state index is 0.0998. The highest BCUT2D eigenvalue weighted by atomic mass is 16.5. The summed E-state index contributed by atoms with van der Waals surface area (Å²) in [5.74, 6) is 0.886. The first-order valence-electron chi connectivity index (χ1n) is 5.76. The number of hydrogen-bond donors (Lipinski definition) is 1. The second kappa shape index (κ2) is 3.99. The molecule has 0 atom stereocenters. The van der Waals surface area contributed by atoms with Crippen LogP contribution in [0.4, 0.5) is 5.82 Å². The van der Waals surface area contributed by atoms with E-state index in [0.717, 1.165) is 38.7 Å². The number of pyridine rings is 1. The maximum Gasteiger partial charge on any atom is 0.142 e. The molecule has 1 aromatic heterocycles. The third-order valence-corrected chi connectivity index (χ3v) is 3.30. The molecule has 3 heterocycles. The van der Waals surface area contributed by atoms with E-state index < -0.39 is 0 Å². The van der Waals surface area contributed by atoms with Crippen LogP contribution in [0, 0.1) is 11.3 Å². The molecule has 3 rings (SSSR count). The Balaban J connectivity index is 1.81. The molecule has 2 aliphatic heterocycles. The number of nitrogens with zero attached hydrogens (tertiary/aromatic N) is 3. The first-order chi connectivity index (χ1) is 8.31. The van der Waals surface area contributed by atoms with Gasteiger partial charge in [-0.05, 0) is 12.1 Å². The molecule has 88 valence electrons. The zero-order valence-corrected chi connectivity index (χ0v) is 9.52. The molecule has 1 N–H and O–H groups in total. The van der Waals surface area contributed by atoms with Crippen molar-refractivity contribution in [2.45, 2.75) is 5.54 Å². The van der Waals surface area contributed by atoms with Gasteiger partial charge in [-0.15, -0.1) is 0 Å². The van der Waals surface area contributed by atoms with Crippen molar-refractivity contribution in [3.05, 3.63) is 23.9 Å². The normalized spacial score (nSPS) is 21.9. The van der Waals surface area contributed by atoms with Crippen molar-refractivity contribution >= 4 is 5.82 Å². The van der Waals surface area contributed by atoms with Crippen LogP contribution >= 0.6 is 0 Å². The maximum atomic E-state index is 8.86. The van der Waals surface area contributed by atoms with Crippen molar-refractivity contribution in [3.8, 4) is 6.07 Å². The van der Waals surface area contributed by atoms with Gasteiger partial charge in [0.1, 0.15) is 17.6 Å². The van der Waals surface area contributed by atoms with Crippen LogP contribution in [0.5, 0.6) is 0 Å². The van der Waals surface area contributed by atoms with Crippen molar-refractivity contribution in [2.75, 3.05) is 37.7 Å². The molecule has 0 radical (unpaired) electrons. The molecular formula is C12H14N4O. The Kier molecular flexibility index (Phi) is 2.46. The number of ether oxygens (including phenoxy) is 1. The molecular weight excluding hydrogens is 216 g/mol. The third kappa shape index (κ3) is 1.86. The Bertz CT molecular complexity index is 464. The highest BCUT2D eigenvalue weighted by Gasteiger charge is 2.42. The van der Waals surface area contributed by atoms with Gasteiger partial charge in [0.25, 0.3) is 0 Å². The second-order valence-corrected chi connectivity index (χ2v) is 4.61. The first kappa shape index (κ1) is 10.5. The zero-order valence-electron chi connectivity index (χ0n) is 9.52. The molecule has 0 unspecified atom stereocenters. The van der Waals surface area contributed by atoms with E-state index in [9.17, 15) is 0 Å². The third-order valence-electron chi connectivity index (χ3n) is 3.30. The predicted octanol–water partition coefficient (Wildman–Crippen LogP) is 0.132. The smallest absolute Gasteiger partial charge is 0.142 e. The minimum absolute atomic E-state index is 0.0998. The minimum Gasteiger partial charge on any atom is -0.377 e. The van der Waals surface area contributed by atoms with Gasteiger partial charge in [-0.1, -0.05) is 6.07 Å². The summed E-state index contributed by atoms with van der Waals surface area (Å²) in [6.45, 7) is 4.28. The van der Waals surface area contributed by atoms with Gasteiger partial charge >= 0.3 is 0 Å². The van der Waals surface area contributed by atoms with Crippen LogP contribution in [-0.4, -0.2) is 43.4 Å². The molecule has 0 saturated carbocycles. The predicted molar refractivity (Wildman–Crippen MR) is 62.7 cm³/mol. The van der Waals surface area contributed by atoms with E-state index in [1.807, 2.05) is 12.1 Å². The number of nitrogens with one attached hydrogen (secondary N) is 1. The van der Waals surface area contributed by atoms with Gasteiger partial charge in [0, 0.05) is 19.6 Å². The number of aromatic nitrogens is 1. The lowest BCUT2D eigenvalue weighted by atomic mass is 9.94. The van der Waals surface area contributed by atoms with Gasteiger partial charge in [-0.2, -0.15) is 5.26 Å². The van der Waals surface area contributed by atoms with Crippen LogP contribution in [0.15, 0.2) is 18.2 Å². The lowest BCUT2D eigenvalue weighted by Gasteiger charge is -2.49. The van der Waals surface area contributed by atoms with Crippen molar-refractivity contribution in [1.29, 1.82) is 5.26 Å². The molecule has 0 aliphatic carbocycles. The lowest BCUT2D eigenvalue weighted by Crippen LogP contribution is -2.70. The number of nitriles is 1. The Hall–Kier alpha value is -1.64. The SMILES string of the molecule is N#Cc1cccc(N2CCNC3(COC3)C2)n1. The van der Waals surface area contributed by atoms with E-state index in [-0.39, 0.29) is 5.54 Å². The van der Waals surface area contributed by atoms with Crippen molar-refractivity contribution in [1.82, 2.24) is 10.3 Å². The average molecular weight is 230 g/mol. The molecule has 1 spiro atoms. The van der Waals surface area contributed by atoms with Gasteiger partial charge in [0.15, 0.2) is 0 Å². The second-order valence-electron chi connectivity index (χ2n) is 4.61. The highest BCUT2D eigenvalue weighted by Crippen LogP contribution is 2.24. The van der Waals surface area contributed by atoms with Gasteiger partial charge in [-0.3, -0.25) is 0 Å². The standard InChI is InChI=1S/C12H14N4O/c13-6-10-2-1-3-11(15-10)16-5-4-14-12(7-16)8-17-9-12/h1-3,14H,4-5,7-9H2. The number of hydrogen-bond acceptors (Lipinski definition) is 5. The quantitative estimate of drug-likeness (QED) is 0.743. The molecule has 0 aromatic carbocycles. The summed E-state index contributed by atoms with van der Waals surface area (Å²) in [6.07, 6.45) is 0. The fraction of sp³-hybridized carbons (Fsp3) is 0.500. The molecule has 1 aromatic rings. The Morgan fingerprint density at radius 2 is 2.35 bits per heavy atom. The molecule has 2 aliphatic rings. The Labute approximate surface area is 100 Å². The lowest BCUT2D eigenvalue weighted by molar-refractivity contribution is -0.0743. The fourth-order valence-corrected chi connectivity index (χ4v) is 2.36. The molecule has 2 fully saturated rings. The average Bonchev–Trinajstić information content (AvgIpc) is 2.37. The molecule has 0 amide bonds. The molecule has 5 heteroatoms. The summed E-state index contributed by atoms with van der Waals surface area (Å²) in [4.78, 5) is 6.56. The van der Waals surface area contributed by atoms with E-state index in [2.05, 4.69) is 21.3 Å². The summed E-state index contributed by atoms with van der Waals surface area (Å²) in [6, 6.07) is 7.65. The molecule has 5 nitrogen and oxygen atoms in total. The summed E-state index contributed by atoms with van der Waals surface area (Å²) in [5, 5.41) is 12.4. The molecule has 0 bridgehead atoms. The molecule has 17 heavy (non-hydrogen) atoms. The van der Waals surface area contributed by atoms with Crippen LogP contribution in [0.2, 0.25) is 0 Å². The number of piperazine rings is 1. The number of anilines is 1. The molecule has 2 saturated heterocycles. The maximum absolute atomic E-state index is 8.86. The van der Waals surface area contributed by atoms with Crippen LogP contribution < -0.4 is 10.2 Å². The van der Waals surface area contributed by atoms with Gasteiger partial charge in [-0.25, -0.2) is 4.98 Å². The number of rotatable bonds is 1. The van der Waals surface area contributed by atoms with E-state index in [0.29, 0.717) is 5.69 Å². The Morgan fingerprint density at radius 3 is 3.06 bits per heavy atom. The summed E-state index contributed by atoms with van der Waals surface area (Å²) in [5.41, 5.74) is 0.572. The van der Waals surface area contributed by atoms with Crippen LogP contribution in [0.1, 0.15) is 5.69 Å². The van der Waals surface area contributed by atoms with Crippen molar-refractivity contribution in [2.24, 2.45) is 0 Å². The van der Waals surface area contributed by atoms with Crippen molar-refractivity contribution in [3.63, 3.8) is 0 Å². The zero-order chi connectivity index (χ0) is 11.7. The first-order valence-corrected chi connectivity index (χ1v) is 5.76. The largest absolute Gasteiger partial charge is 0.377 e. The van der Waals surface area contributed by atoms with Crippen LogP contribution in [-0.2, 0) is 4.74 Å². The van der Waals surface area contributed by atoms with E-state index in [4.69, 9.17) is 10.00 Å². The van der Waals surface area contributed by atoms with E-state index in [1.54, 1.807) is 6.07 Å². The van der Waals surface area contributed by atoms with Gasteiger partial charge in [0.2, 0.25) is 0 Å². The fourth-order valence-electron chi connectivity index (χ4n) is 2.36. The van der Waals surface area contributed by atoms with E-state index in [1.165, 1.54) is 0 Å². The van der Waals surface area contributed by atoms with Gasteiger partial charge < -0.3 is 15.0 Å². The van der Waals surface area contributed by atoms with E-state index >= 15 is 0 Å². The van der Waals surface area contributed by atoms with Crippen LogP contribution in [0.25, 0.3) is 0 Å². The van der Waals surface area contributed by atoms with Crippen LogP contribution in [0.3, 0.4) is 0 Å². The Morgan fingerprint density at radius 1 is 1.47 bits per heavy atom. The summed E-state index contributed by atoms with van der Waals surface area (Å²) in [7, 11) is 0. The highest BCUT2D eigenvalue weighted by molar-refractivity contribution is 5.43. The topological polar surface area (TPSA) is 61.2 Å². The monoisotopic (exact) mass is 230 g/mol. The van der Waals surface area contributed by atoms with Gasteiger partial charge in [0.05, 0.1) is 18.8 Å².